The normalized spacial score (nSPS) is 19.2. The van der Waals surface area contributed by atoms with E-state index in [9.17, 15) is 13.6 Å². The molecule has 2 N–H and O–H groups in total. The molecule has 0 unspecified atom stereocenters. The number of halogens is 2. The van der Waals surface area contributed by atoms with Crippen molar-refractivity contribution < 1.29 is 18.3 Å². The number of anilines is 1. The number of methoxy groups -OCH3 is 1. The summed E-state index contributed by atoms with van der Waals surface area (Å²) in [6.45, 7) is 2.45. The van der Waals surface area contributed by atoms with Crippen molar-refractivity contribution in [2.75, 3.05) is 26.1 Å². The first-order valence-corrected chi connectivity index (χ1v) is 13.1. The van der Waals surface area contributed by atoms with Gasteiger partial charge in [-0.15, -0.1) is 0 Å². The van der Waals surface area contributed by atoms with Crippen molar-refractivity contribution in [2.24, 2.45) is 7.05 Å². The Morgan fingerprint density at radius 1 is 1.12 bits per heavy atom. The van der Waals surface area contributed by atoms with E-state index in [2.05, 4.69) is 20.6 Å². The molecule has 11 heteroatoms. The van der Waals surface area contributed by atoms with Gasteiger partial charge in [-0.05, 0) is 56.6 Å². The smallest absolute Gasteiger partial charge is 0.320 e. The Morgan fingerprint density at radius 2 is 1.90 bits per heavy atom. The van der Waals surface area contributed by atoms with Gasteiger partial charge in [0.25, 0.3) is 0 Å². The number of aromatic nitrogens is 4. The van der Waals surface area contributed by atoms with E-state index in [-0.39, 0.29) is 18.1 Å². The summed E-state index contributed by atoms with van der Waals surface area (Å²) < 4.78 is 36.6. The molecule has 3 heterocycles. The number of nitrogens with one attached hydrogen (secondary N) is 2. The first-order chi connectivity index (χ1) is 19.3. The zero-order valence-corrected chi connectivity index (χ0v) is 22.9. The van der Waals surface area contributed by atoms with Gasteiger partial charge in [-0.3, -0.25) is 14.9 Å². The highest BCUT2D eigenvalue weighted by atomic mass is 19.2. The van der Waals surface area contributed by atoms with E-state index in [0.717, 1.165) is 29.3 Å². The predicted molar refractivity (Wildman–Crippen MR) is 148 cm³/mol. The summed E-state index contributed by atoms with van der Waals surface area (Å²) in [5.41, 5.74) is 3.69. The highest BCUT2D eigenvalue weighted by molar-refractivity contribution is 5.91. The first-order valence-electron chi connectivity index (χ1n) is 13.1. The molecule has 1 aliphatic heterocycles. The van der Waals surface area contributed by atoms with Gasteiger partial charge in [-0.2, -0.15) is 10.2 Å². The van der Waals surface area contributed by atoms with Crippen LogP contribution in [0, 0.1) is 18.6 Å². The minimum atomic E-state index is -0.917. The van der Waals surface area contributed by atoms with E-state index in [1.807, 2.05) is 57.5 Å². The maximum absolute atomic E-state index is 14.2. The molecule has 2 amide bonds. The highest BCUT2D eigenvalue weighted by Crippen LogP contribution is 2.37. The van der Waals surface area contributed by atoms with Crippen LogP contribution in [0.2, 0.25) is 0 Å². The summed E-state index contributed by atoms with van der Waals surface area (Å²) in [5, 5.41) is 15.2. The van der Waals surface area contributed by atoms with Gasteiger partial charge in [0.1, 0.15) is 11.5 Å². The monoisotopic (exact) mass is 549 g/mol. The van der Waals surface area contributed by atoms with Crippen molar-refractivity contribution in [3.63, 3.8) is 0 Å². The van der Waals surface area contributed by atoms with Crippen molar-refractivity contribution in [1.82, 2.24) is 29.8 Å². The summed E-state index contributed by atoms with van der Waals surface area (Å²) in [5.74, 6) is -1.30. The molecule has 2 aromatic heterocycles. The molecular weight excluding hydrogens is 516 g/mol. The van der Waals surface area contributed by atoms with Crippen molar-refractivity contribution in [2.45, 2.75) is 37.9 Å². The molecule has 0 radical (unpaired) electrons. The number of hydrogen-bond donors (Lipinski definition) is 2. The number of para-hydroxylation sites is 1. The van der Waals surface area contributed by atoms with Gasteiger partial charge in [0, 0.05) is 44.1 Å². The van der Waals surface area contributed by atoms with Gasteiger partial charge in [0.15, 0.2) is 11.6 Å². The maximum atomic E-state index is 14.2. The third-order valence-electron chi connectivity index (χ3n) is 7.51. The molecule has 0 aliphatic carbocycles. The van der Waals surface area contributed by atoms with Gasteiger partial charge in [0.05, 0.1) is 24.0 Å². The van der Waals surface area contributed by atoms with Gasteiger partial charge in [0.2, 0.25) is 0 Å². The van der Waals surface area contributed by atoms with Crippen molar-refractivity contribution in [3.05, 3.63) is 83.7 Å². The van der Waals surface area contributed by atoms with E-state index in [1.165, 1.54) is 6.07 Å². The van der Waals surface area contributed by atoms with E-state index in [0.29, 0.717) is 30.1 Å². The fourth-order valence-corrected chi connectivity index (χ4v) is 5.50. The number of carbonyl (C=O) groups excluding carboxylic acids is 1. The second-order valence-corrected chi connectivity index (χ2v) is 10.1. The molecule has 9 nitrogen and oxygen atoms in total. The lowest BCUT2D eigenvalue weighted by Gasteiger charge is -2.28. The van der Waals surface area contributed by atoms with E-state index in [4.69, 9.17) is 9.84 Å². The van der Waals surface area contributed by atoms with Crippen LogP contribution in [-0.2, 0) is 11.8 Å². The fourth-order valence-electron chi connectivity index (χ4n) is 5.50. The lowest BCUT2D eigenvalue weighted by atomic mass is 9.99. The van der Waals surface area contributed by atoms with Crippen molar-refractivity contribution in [3.8, 4) is 16.9 Å². The predicted octanol–water partition coefficient (Wildman–Crippen LogP) is 4.83. The number of amides is 2. The molecule has 210 valence electrons. The Hall–Kier alpha value is -4.09. The second kappa shape index (κ2) is 11.6. The van der Waals surface area contributed by atoms with Crippen molar-refractivity contribution in [1.29, 1.82) is 0 Å². The van der Waals surface area contributed by atoms with Crippen LogP contribution in [0.15, 0.2) is 60.9 Å². The Bertz CT molecular complexity index is 1490. The average molecular weight is 550 g/mol. The van der Waals surface area contributed by atoms with Crippen LogP contribution in [0.1, 0.15) is 30.0 Å². The van der Waals surface area contributed by atoms with Gasteiger partial charge in [-0.25, -0.2) is 18.3 Å². The molecule has 2 aromatic carbocycles. The van der Waals surface area contributed by atoms with Crippen LogP contribution in [-0.4, -0.2) is 63.3 Å². The average Bonchev–Trinajstić information content (AvgIpc) is 3.60. The summed E-state index contributed by atoms with van der Waals surface area (Å²) in [7, 11) is 5.41. The summed E-state index contributed by atoms with van der Waals surface area (Å²) in [4.78, 5) is 15.6. The van der Waals surface area contributed by atoms with Crippen LogP contribution >= 0.6 is 0 Å². The lowest BCUT2D eigenvalue weighted by Crippen LogP contribution is -2.41. The van der Waals surface area contributed by atoms with Crippen molar-refractivity contribution >= 4 is 11.8 Å². The molecule has 5 rings (SSSR count). The molecule has 1 saturated heterocycles. The number of nitrogens with zero attached hydrogens (tertiary/aromatic N) is 5. The maximum Gasteiger partial charge on any atom is 0.320 e. The number of benzene rings is 2. The Labute approximate surface area is 231 Å². The Balaban J connectivity index is 1.44. The number of aryl methyl sites for hydroxylation is 1. The van der Waals surface area contributed by atoms with Crippen LogP contribution < -0.4 is 10.6 Å². The van der Waals surface area contributed by atoms with E-state index < -0.39 is 17.7 Å². The largest absolute Gasteiger partial charge is 0.385 e. The number of likely N-dealkylation sites (N-methyl/N-ethyl adjacent to an activating group) is 1. The summed E-state index contributed by atoms with van der Waals surface area (Å²) in [6.07, 6.45) is 4.96. The number of hydrogen-bond acceptors (Lipinski definition) is 5. The van der Waals surface area contributed by atoms with Crippen LogP contribution in [0.25, 0.3) is 16.9 Å². The topological polar surface area (TPSA) is 89.2 Å². The molecule has 0 saturated carbocycles. The molecular formula is C29H33F2N7O2. The van der Waals surface area contributed by atoms with Crippen LogP contribution in [0.5, 0.6) is 0 Å². The molecule has 1 aliphatic rings. The van der Waals surface area contributed by atoms with Gasteiger partial charge >= 0.3 is 6.03 Å². The molecule has 3 atom stereocenters. The number of rotatable bonds is 8. The van der Waals surface area contributed by atoms with E-state index >= 15 is 0 Å². The van der Waals surface area contributed by atoms with Gasteiger partial charge in [-0.1, -0.05) is 24.3 Å². The molecule has 0 spiro atoms. The lowest BCUT2D eigenvalue weighted by molar-refractivity contribution is 0.150. The Kier molecular flexibility index (Phi) is 7.95. The number of ether oxygens (including phenoxy) is 1. The minimum Gasteiger partial charge on any atom is -0.385 e. The van der Waals surface area contributed by atoms with Crippen LogP contribution in [0.4, 0.5) is 19.4 Å². The van der Waals surface area contributed by atoms with Crippen LogP contribution in [0.3, 0.4) is 0 Å². The second-order valence-electron chi connectivity index (χ2n) is 10.1. The number of likely N-dealkylation sites (tertiary alicyclic amines) is 1. The Morgan fingerprint density at radius 3 is 2.58 bits per heavy atom. The fraction of sp³-hybridized carbons (Fsp3) is 0.345. The SMILES string of the molecule is COCC[C@@H]1C[C@@H](NC(=O)Nc2c(C)c(-c3cnn(C)c3)nn2-c2ccccc2)[C@H](c2ccc(F)c(F)c2)N1C. The molecule has 0 bridgehead atoms. The standard InChI is InChI=1S/C29H33F2N7O2/c1-18-26(20-16-32-36(2)17-20)35-38(21-8-6-5-7-9-21)28(18)34-29(39)33-25-15-22(12-13-40-4)37(3)27(25)19-10-11-23(30)24(31)14-19/h5-11,14,16-17,22,25,27H,12-13,15H2,1-4H3,(H2,33,34,39)/t22-,25-,27+/m1/s1. The summed E-state index contributed by atoms with van der Waals surface area (Å²) in [6, 6.07) is 12.4. The number of urea groups is 1. The minimum absolute atomic E-state index is 0.0807. The quantitative estimate of drug-likeness (QED) is 0.329. The third-order valence-corrected chi connectivity index (χ3v) is 7.51. The van der Waals surface area contributed by atoms with Gasteiger partial charge < -0.3 is 10.1 Å². The molecule has 40 heavy (non-hydrogen) atoms. The third kappa shape index (κ3) is 5.47. The molecule has 1 fully saturated rings. The highest BCUT2D eigenvalue weighted by Gasteiger charge is 2.40. The molecule has 4 aromatic rings. The van der Waals surface area contributed by atoms with E-state index in [1.54, 1.807) is 28.7 Å². The number of carbonyl (C=O) groups is 1. The first kappa shape index (κ1) is 27.5. The zero-order valence-electron chi connectivity index (χ0n) is 22.9. The zero-order chi connectivity index (χ0) is 28.4. The summed E-state index contributed by atoms with van der Waals surface area (Å²) >= 11 is 0.